The number of allylic oxidation sites excluding steroid dienone is 2. The Hall–Kier alpha value is -1.69. The van der Waals surface area contributed by atoms with Crippen LogP contribution in [0.5, 0.6) is 0 Å². The highest BCUT2D eigenvalue weighted by atomic mass is 32.1. The monoisotopic (exact) mass is 267 g/mol. The van der Waals surface area contributed by atoms with E-state index in [0.717, 1.165) is 53.9 Å². The first-order chi connectivity index (χ1) is 8.56. The average Bonchev–Trinajstić information content (AvgIpc) is 2.65. The number of hydrogen-bond acceptors (Lipinski definition) is 6. The molecule has 1 aliphatic carbocycles. The quantitative estimate of drug-likeness (QED) is 0.710. The number of rotatable bonds is 2. The zero-order valence-electron chi connectivity index (χ0n) is 10.3. The maximum Gasteiger partial charge on any atom is 0.350 e. The summed E-state index contributed by atoms with van der Waals surface area (Å²) in [6.45, 7) is 0. The Kier molecular flexibility index (Phi) is 3.47. The highest BCUT2D eigenvalue weighted by Crippen LogP contribution is 2.42. The maximum atomic E-state index is 11.6. The Balaban J connectivity index is 2.52. The van der Waals surface area contributed by atoms with Crippen molar-refractivity contribution in [3.05, 3.63) is 16.1 Å². The van der Waals surface area contributed by atoms with Crippen molar-refractivity contribution in [2.24, 2.45) is 5.73 Å². The van der Waals surface area contributed by atoms with Gasteiger partial charge in [-0.25, -0.2) is 4.79 Å². The number of nitrogen functional groups attached to an aromatic ring is 2. The van der Waals surface area contributed by atoms with E-state index in [1.165, 1.54) is 7.11 Å². The molecule has 0 bridgehead atoms. The number of carbonyl (C=O) groups is 1. The standard InChI is InChI=1S/C12H17N3O2S/c1-17-12(16)10-9(14)8(11(15)18-10)6-4-2-3-5-7(6)13/h2-5,13-15H2,1H3. The number of thiophene rings is 1. The smallest absolute Gasteiger partial charge is 0.350 e. The van der Waals surface area contributed by atoms with Gasteiger partial charge in [0.05, 0.1) is 17.8 Å². The molecule has 0 saturated heterocycles. The van der Waals surface area contributed by atoms with Crippen LogP contribution in [0.1, 0.15) is 40.9 Å². The second-order valence-corrected chi connectivity index (χ2v) is 5.34. The molecule has 0 saturated carbocycles. The number of esters is 1. The molecule has 0 amide bonds. The summed E-state index contributed by atoms with van der Waals surface area (Å²) >= 11 is 1.16. The summed E-state index contributed by atoms with van der Waals surface area (Å²) in [5.74, 6) is -0.453. The number of carbonyl (C=O) groups excluding carboxylic acids is 1. The van der Waals surface area contributed by atoms with E-state index in [9.17, 15) is 4.79 Å². The van der Waals surface area contributed by atoms with Crippen LogP contribution >= 0.6 is 11.3 Å². The van der Waals surface area contributed by atoms with Crippen LogP contribution in [0, 0.1) is 0 Å². The van der Waals surface area contributed by atoms with Crippen LogP contribution < -0.4 is 17.2 Å². The molecule has 0 unspecified atom stereocenters. The topological polar surface area (TPSA) is 104 Å². The minimum atomic E-state index is -0.453. The van der Waals surface area contributed by atoms with Gasteiger partial charge in [0.1, 0.15) is 4.88 Å². The predicted octanol–water partition coefficient (Wildman–Crippen LogP) is 1.94. The average molecular weight is 267 g/mol. The molecule has 1 aromatic heterocycles. The van der Waals surface area contributed by atoms with Crippen molar-refractivity contribution in [1.29, 1.82) is 0 Å². The summed E-state index contributed by atoms with van der Waals surface area (Å²) in [6, 6.07) is 0. The molecule has 6 heteroatoms. The molecule has 98 valence electrons. The van der Waals surface area contributed by atoms with E-state index in [0.29, 0.717) is 15.6 Å². The molecule has 0 fully saturated rings. The largest absolute Gasteiger partial charge is 0.465 e. The van der Waals surface area contributed by atoms with E-state index in [1.54, 1.807) is 0 Å². The van der Waals surface area contributed by atoms with Crippen molar-refractivity contribution in [3.63, 3.8) is 0 Å². The summed E-state index contributed by atoms with van der Waals surface area (Å²) in [4.78, 5) is 11.9. The van der Waals surface area contributed by atoms with E-state index in [-0.39, 0.29) is 0 Å². The third-order valence-corrected chi connectivity index (χ3v) is 4.17. The lowest BCUT2D eigenvalue weighted by molar-refractivity contribution is 0.0607. The summed E-state index contributed by atoms with van der Waals surface area (Å²) in [6.07, 6.45) is 3.87. The number of ether oxygens (including phenoxy) is 1. The lowest BCUT2D eigenvalue weighted by atomic mass is 9.91. The molecule has 1 aromatic rings. The van der Waals surface area contributed by atoms with Gasteiger partial charge in [-0.15, -0.1) is 11.3 Å². The van der Waals surface area contributed by atoms with Gasteiger partial charge in [0, 0.05) is 11.3 Å². The molecule has 0 spiro atoms. The van der Waals surface area contributed by atoms with E-state index >= 15 is 0 Å². The zero-order valence-corrected chi connectivity index (χ0v) is 11.1. The number of hydrogen-bond donors (Lipinski definition) is 3. The van der Waals surface area contributed by atoms with Crippen molar-refractivity contribution < 1.29 is 9.53 Å². The van der Waals surface area contributed by atoms with Crippen LogP contribution in [0.2, 0.25) is 0 Å². The Morgan fingerprint density at radius 2 is 1.89 bits per heavy atom. The molecule has 5 nitrogen and oxygen atoms in total. The molecular formula is C12H17N3O2S. The van der Waals surface area contributed by atoms with Crippen LogP contribution in [0.25, 0.3) is 5.57 Å². The Morgan fingerprint density at radius 1 is 1.22 bits per heavy atom. The molecule has 0 atom stereocenters. The van der Waals surface area contributed by atoms with Crippen molar-refractivity contribution in [3.8, 4) is 0 Å². The Morgan fingerprint density at radius 3 is 2.50 bits per heavy atom. The van der Waals surface area contributed by atoms with Gasteiger partial charge in [-0.05, 0) is 31.3 Å². The van der Waals surface area contributed by atoms with Gasteiger partial charge in [0.2, 0.25) is 0 Å². The molecule has 1 aliphatic rings. The third kappa shape index (κ3) is 2.03. The van der Waals surface area contributed by atoms with Crippen molar-refractivity contribution in [2.45, 2.75) is 25.7 Å². The van der Waals surface area contributed by atoms with Crippen LogP contribution in [0.15, 0.2) is 5.70 Å². The normalized spacial score (nSPS) is 15.8. The van der Waals surface area contributed by atoms with Crippen molar-refractivity contribution in [1.82, 2.24) is 0 Å². The third-order valence-electron chi connectivity index (χ3n) is 3.16. The van der Waals surface area contributed by atoms with Gasteiger partial charge < -0.3 is 21.9 Å². The molecule has 18 heavy (non-hydrogen) atoms. The van der Waals surface area contributed by atoms with Gasteiger partial charge in [0.15, 0.2) is 0 Å². The molecule has 2 rings (SSSR count). The lowest BCUT2D eigenvalue weighted by Gasteiger charge is -2.17. The van der Waals surface area contributed by atoms with Crippen LogP contribution in [-0.4, -0.2) is 13.1 Å². The van der Waals surface area contributed by atoms with Gasteiger partial charge in [-0.2, -0.15) is 0 Å². The van der Waals surface area contributed by atoms with Gasteiger partial charge in [-0.3, -0.25) is 0 Å². The first-order valence-corrected chi connectivity index (χ1v) is 6.61. The van der Waals surface area contributed by atoms with Crippen LogP contribution in [0.4, 0.5) is 10.7 Å². The van der Waals surface area contributed by atoms with Crippen molar-refractivity contribution in [2.75, 3.05) is 18.6 Å². The van der Waals surface area contributed by atoms with Gasteiger partial charge >= 0.3 is 5.97 Å². The SMILES string of the molecule is COC(=O)c1sc(N)c(C2=C(N)CCCC2)c1N. The summed E-state index contributed by atoms with van der Waals surface area (Å²) in [7, 11) is 1.32. The maximum absolute atomic E-state index is 11.6. The predicted molar refractivity (Wildman–Crippen MR) is 74.1 cm³/mol. The van der Waals surface area contributed by atoms with Gasteiger partial charge in [0.25, 0.3) is 0 Å². The zero-order chi connectivity index (χ0) is 13.3. The second kappa shape index (κ2) is 4.89. The fourth-order valence-corrected chi connectivity index (χ4v) is 3.17. The van der Waals surface area contributed by atoms with E-state index < -0.39 is 5.97 Å². The lowest BCUT2D eigenvalue weighted by Crippen LogP contribution is -2.09. The molecule has 0 radical (unpaired) electrons. The van der Waals surface area contributed by atoms with E-state index in [4.69, 9.17) is 17.2 Å². The minimum absolute atomic E-state index is 0.357. The number of nitrogens with two attached hydrogens (primary N) is 3. The van der Waals surface area contributed by atoms with Gasteiger partial charge in [-0.1, -0.05) is 0 Å². The van der Waals surface area contributed by atoms with E-state index in [1.807, 2.05) is 0 Å². The minimum Gasteiger partial charge on any atom is -0.465 e. The Labute approximate surface area is 110 Å². The Bertz CT molecular complexity index is 520. The van der Waals surface area contributed by atoms with Crippen LogP contribution in [0.3, 0.4) is 0 Å². The van der Waals surface area contributed by atoms with Crippen LogP contribution in [-0.2, 0) is 4.74 Å². The molecule has 1 heterocycles. The fraction of sp³-hybridized carbons (Fsp3) is 0.417. The summed E-state index contributed by atoms with van der Waals surface area (Å²) < 4.78 is 4.69. The van der Waals surface area contributed by atoms with Crippen molar-refractivity contribution >= 4 is 33.6 Å². The molecular weight excluding hydrogens is 250 g/mol. The molecule has 6 N–H and O–H groups in total. The summed E-state index contributed by atoms with van der Waals surface area (Å²) in [5, 5.41) is 0.535. The molecule has 0 aliphatic heterocycles. The highest BCUT2D eigenvalue weighted by molar-refractivity contribution is 7.18. The summed E-state index contributed by atoms with van der Waals surface area (Å²) in [5.41, 5.74) is 20.9. The first kappa shape index (κ1) is 12.8. The second-order valence-electron chi connectivity index (χ2n) is 4.29. The highest BCUT2D eigenvalue weighted by Gasteiger charge is 2.24. The first-order valence-electron chi connectivity index (χ1n) is 5.80. The fourth-order valence-electron chi connectivity index (χ4n) is 2.23. The number of anilines is 2. The number of methoxy groups -OCH3 is 1. The van der Waals surface area contributed by atoms with E-state index in [2.05, 4.69) is 4.74 Å². The molecule has 0 aromatic carbocycles.